The Labute approximate surface area is 229 Å². The highest BCUT2D eigenvalue weighted by Gasteiger charge is 2.47. The van der Waals surface area contributed by atoms with E-state index >= 15 is 0 Å². The minimum Gasteiger partial charge on any atom is -0.492 e. The maximum atomic E-state index is 14.0. The molecule has 39 heavy (non-hydrogen) atoms. The summed E-state index contributed by atoms with van der Waals surface area (Å²) < 4.78 is 57.8. The number of carbonyl (C=O) groups excluding carboxylic acids is 2. The van der Waals surface area contributed by atoms with Crippen LogP contribution in [0.1, 0.15) is 24.0 Å². The number of rotatable bonds is 10. The predicted molar refractivity (Wildman–Crippen MR) is 137 cm³/mol. The number of carbonyl (C=O) groups is 2. The Bertz CT molecular complexity index is 1320. The molecule has 1 aliphatic rings. The number of benzene rings is 2. The van der Waals surface area contributed by atoms with Crippen molar-refractivity contribution in [3.05, 3.63) is 92.3 Å². The van der Waals surface area contributed by atoms with Gasteiger partial charge in [-0.05, 0) is 24.1 Å². The highest BCUT2D eigenvalue weighted by molar-refractivity contribution is 9.09. The number of nitrogens with zero attached hydrogens (tertiary/aromatic N) is 1. The fourth-order valence-electron chi connectivity index (χ4n) is 4.13. The molecule has 0 amide bonds. The van der Waals surface area contributed by atoms with E-state index in [1.54, 1.807) is 24.3 Å². The first-order valence-electron chi connectivity index (χ1n) is 11.5. The van der Waals surface area contributed by atoms with Gasteiger partial charge in [0.15, 0.2) is 0 Å². The highest BCUT2D eigenvalue weighted by Crippen LogP contribution is 2.44. The number of allylic oxidation sites excluding steroid dienone is 2. The molecular weight excluding hydrogens is 589 g/mol. The molecule has 1 unspecified atom stereocenters. The Balaban J connectivity index is 2.01. The molecule has 9 nitrogen and oxygen atoms in total. The number of hydrogen-bond donors (Lipinski definition) is 1. The van der Waals surface area contributed by atoms with Gasteiger partial charge in [0.1, 0.15) is 11.4 Å². The lowest BCUT2D eigenvalue weighted by atomic mass is 9.80. The summed E-state index contributed by atoms with van der Waals surface area (Å²) in [5, 5.41) is 14.1. The van der Waals surface area contributed by atoms with Crippen molar-refractivity contribution in [3.63, 3.8) is 0 Å². The van der Waals surface area contributed by atoms with Crippen LogP contribution in [0.3, 0.4) is 0 Å². The number of nitrogens with one attached hydrogen (secondary N) is 1. The Morgan fingerprint density at radius 1 is 1.08 bits per heavy atom. The highest BCUT2D eigenvalue weighted by atomic mass is 79.9. The minimum atomic E-state index is -5.03. The van der Waals surface area contributed by atoms with Gasteiger partial charge in [-0.25, -0.2) is 9.59 Å². The van der Waals surface area contributed by atoms with Crippen LogP contribution in [0.5, 0.6) is 5.75 Å². The lowest BCUT2D eigenvalue weighted by Gasteiger charge is -2.32. The Morgan fingerprint density at radius 2 is 1.79 bits per heavy atom. The molecule has 208 valence electrons. The Kier molecular flexibility index (Phi) is 9.73. The molecule has 0 fully saturated rings. The van der Waals surface area contributed by atoms with Crippen LogP contribution in [0, 0.1) is 10.1 Å². The summed E-state index contributed by atoms with van der Waals surface area (Å²) in [6.07, 6.45) is -4.79. The van der Waals surface area contributed by atoms with E-state index in [1.807, 2.05) is 0 Å². The number of nitro benzene ring substituents is 1. The van der Waals surface area contributed by atoms with Gasteiger partial charge < -0.3 is 19.5 Å². The number of hydrogen-bond acceptors (Lipinski definition) is 8. The van der Waals surface area contributed by atoms with Crippen molar-refractivity contribution in [2.75, 3.05) is 25.7 Å². The maximum absolute atomic E-state index is 14.0. The smallest absolute Gasteiger partial charge is 0.431 e. The second-order valence-corrected chi connectivity index (χ2v) is 9.05. The Morgan fingerprint density at radius 3 is 2.44 bits per heavy atom. The molecule has 0 saturated heterocycles. The van der Waals surface area contributed by atoms with Crippen LogP contribution in [0.25, 0.3) is 0 Å². The van der Waals surface area contributed by atoms with Crippen molar-refractivity contribution in [2.45, 2.75) is 25.4 Å². The molecule has 2 aromatic carbocycles. The molecule has 0 radical (unpaired) electrons. The zero-order valence-electron chi connectivity index (χ0n) is 20.8. The maximum Gasteiger partial charge on any atom is 0.431 e. The summed E-state index contributed by atoms with van der Waals surface area (Å²) in [5.41, 5.74) is -2.68. The normalized spacial score (nSPS) is 15.5. The number of methoxy groups -OCH3 is 1. The standard InChI is InChI=1S/C26H24BrF3N2O7/c1-15-20(25(34)39-12-10-16-6-3-4-9-19(16)38-13-11-27)21(17-7-5-8-18(14-17)32(35)36)22(24(33)37-2)23(31-15)26(28,29)30/h3-9,14,21,31H,10-13H2,1-2H3. The molecule has 0 aromatic heterocycles. The minimum absolute atomic E-state index is 0.0901. The zero-order chi connectivity index (χ0) is 28.7. The monoisotopic (exact) mass is 612 g/mol. The van der Waals surface area contributed by atoms with Gasteiger partial charge in [-0.3, -0.25) is 10.1 Å². The predicted octanol–water partition coefficient (Wildman–Crippen LogP) is 5.10. The van der Waals surface area contributed by atoms with Crippen LogP contribution < -0.4 is 10.1 Å². The van der Waals surface area contributed by atoms with E-state index in [2.05, 4.69) is 26.0 Å². The van der Waals surface area contributed by atoms with Gasteiger partial charge in [0.05, 0.1) is 42.3 Å². The molecule has 1 aliphatic heterocycles. The second-order valence-electron chi connectivity index (χ2n) is 8.26. The number of alkyl halides is 4. The lowest BCUT2D eigenvalue weighted by Crippen LogP contribution is -2.38. The lowest BCUT2D eigenvalue weighted by molar-refractivity contribution is -0.384. The number of dihydropyridines is 1. The van der Waals surface area contributed by atoms with Crippen molar-refractivity contribution < 1.29 is 41.9 Å². The van der Waals surface area contributed by atoms with Crippen LogP contribution >= 0.6 is 15.9 Å². The molecule has 1 N–H and O–H groups in total. The SMILES string of the molecule is COC(=O)C1=C(C(F)(F)F)NC(C)=C(C(=O)OCCc2ccccc2OCCBr)C1c1cccc([N+](=O)[O-])c1. The van der Waals surface area contributed by atoms with E-state index in [-0.39, 0.29) is 29.9 Å². The quantitative estimate of drug-likeness (QED) is 0.170. The number of esters is 2. The summed E-state index contributed by atoms with van der Waals surface area (Å²) >= 11 is 3.28. The van der Waals surface area contributed by atoms with Gasteiger partial charge in [-0.1, -0.05) is 46.3 Å². The summed E-state index contributed by atoms with van der Waals surface area (Å²) in [6, 6.07) is 11.8. The summed E-state index contributed by atoms with van der Waals surface area (Å²) in [6.45, 7) is 1.48. The number of para-hydroxylation sites is 1. The average molecular weight is 613 g/mol. The van der Waals surface area contributed by atoms with Gasteiger partial charge >= 0.3 is 18.1 Å². The average Bonchev–Trinajstić information content (AvgIpc) is 2.90. The molecule has 0 saturated carbocycles. The largest absolute Gasteiger partial charge is 0.492 e. The van der Waals surface area contributed by atoms with Crippen LogP contribution in [0.2, 0.25) is 0 Å². The van der Waals surface area contributed by atoms with E-state index in [1.165, 1.54) is 19.1 Å². The molecule has 0 aliphatic carbocycles. The third-order valence-corrected chi connectivity index (χ3v) is 6.12. The molecule has 1 heterocycles. The van der Waals surface area contributed by atoms with Crippen LogP contribution in [0.15, 0.2) is 71.1 Å². The number of non-ortho nitro benzene ring substituents is 1. The van der Waals surface area contributed by atoms with E-state index < -0.39 is 45.9 Å². The second kappa shape index (κ2) is 12.8. The van der Waals surface area contributed by atoms with Crippen LogP contribution in [-0.4, -0.2) is 48.7 Å². The van der Waals surface area contributed by atoms with Gasteiger partial charge in [0.2, 0.25) is 0 Å². The fraction of sp³-hybridized carbons (Fsp3) is 0.308. The van der Waals surface area contributed by atoms with Crippen molar-refractivity contribution in [1.82, 2.24) is 5.32 Å². The summed E-state index contributed by atoms with van der Waals surface area (Å²) in [5.74, 6) is -3.43. The number of nitro groups is 1. The summed E-state index contributed by atoms with van der Waals surface area (Å²) in [7, 11) is 0.895. The van der Waals surface area contributed by atoms with Crippen LogP contribution in [0.4, 0.5) is 18.9 Å². The number of halogens is 4. The molecule has 0 bridgehead atoms. The van der Waals surface area contributed by atoms with Crippen molar-refractivity contribution in [3.8, 4) is 5.75 Å². The van der Waals surface area contributed by atoms with Gasteiger partial charge in [0.25, 0.3) is 5.69 Å². The first-order valence-corrected chi connectivity index (χ1v) is 12.7. The Hall–Kier alpha value is -3.87. The van der Waals surface area contributed by atoms with E-state index in [0.29, 0.717) is 17.7 Å². The van der Waals surface area contributed by atoms with Crippen molar-refractivity contribution in [2.24, 2.45) is 0 Å². The zero-order valence-corrected chi connectivity index (χ0v) is 22.4. The number of ether oxygens (including phenoxy) is 3. The third kappa shape index (κ3) is 6.96. The molecule has 1 atom stereocenters. The first-order chi connectivity index (χ1) is 18.5. The third-order valence-electron chi connectivity index (χ3n) is 5.80. The summed E-state index contributed by atoms with van der Waals surface area (Å²) in [4.78, 5) is 36.6. The molecule has 13 heteroatoms. The van der Waals surface area contributed by atoms with Crippen LogP contribution in [-0.2, 0) is 25.5 Å². The topological polar surface area (TPSA) is 117 Å². The van der Waals surface area contributed by atoms with Gasteiger partial charge in [0, 0.05) is 29.6 Å². The van der Waals surface area contributed by atoms with Crippen molar-refractivity contribution >= 4 is 33.6 Å². The van der Waals surface area contributed by atoms with E-state index in [4.69, 9.17) is 9.47 Å². The first kappa shape index (κ1) is 29.7. The van der Waals surface area contributed by atoms with Crippen molar-refractivity contribution in [1.29, 1.82) is 0 Å². The van der Waals surface area contributed by atoms with Gasteiger partial charge in [-0.2, -0.15) is 13.2 Å². The van der Waals surface area contributed by atoms with E-state index in [9.17, 15) is 32.9 Å². The fourth-order valence-corrected chi connectivity index (χ4v) is 4.30. The molecule has 2 aromatic rings. The molecule has 3 rings (SSSR count). The molecule has 0 spiro atoms. The van der Waals surface area contributed by atoms with Gasteiger partial charge in [-0.15, -0.1) is 0 Å². The van der Waals surface area contributed by atoms with E-state index in [0.717, 1.165) is 24.8 Å². The molecular formula is C26H24BrF3N2O7.